The summed E-state index contributed by atoms with van der Waals surface area (Å²) in [5.74, 6) is 4.16. The van der Waals surface area contributed by atoms with Gasteiger partial charge in [0.2, 0.25) is 0 Å². The number of hydrogen-bond acceptors (Lipinski definition) is 4. The monoisotopic (exact) mass is 462 g/mol. The summed E-state index contributed by atoms with van der Waals surface area (Å²) in [4.78, 5) is 13.7. The summed E-state index contributed by atoms with van der Waals surface area (Å²) in [5.41, 5.74) is 0.343. The molecule has 190 valence electrons. The van der Waals surface area contributed by atoms with E-state index in [1.165, 1.54) is 12.8 Å². The molecule has 0 spiro atoms. The van der Waals surface area contributed by atoms with E-state index in [-0.39, 0.29) is 36.3 Å². The minimum Gasteiger partial charge on any atom is -0.393 e. The van der Waals surface area contributed by atoms with E-state index >= 15 is 0 Å². The largest absolute Gasteiger partial charge is 0.393 e. The maximum absolute atomic E-state index is 13.7. The fraction of sp³-hybridized carbons (Fsp3) is 0.966. The maximum Gasteiger partial charge on any atom is 0.143 e. The topological polar surface area (TPSA) is 66.8 Å². The van der Waals surface area contributed by atoms with Crippen LogP contribution in [-0.4, -0.2) is 35.0 Å². The van der Waals surface area contributed by atoms with Crippen LogP contribution in [0.2, 0.25) is 0 Å². The first-order valence-corrected chi connectivity index (χ1v) is 14.0. The van der Waals surface area contributed by atoms with Crippen LogP contribution < -0.4 is 0 Å². The Labute approximate surface area is 202 Å². The molecule has 0 heterocycles. The normalized spacial score (nSPS) is 45.8. The molecule has 0 amide bonds. The van der Waals surface area contributed by atoms with E-state index in [0.717, 1.165) is 38.5 Å². The lowest BCUT2D eigenvalue weighted by atomic mass is 9.44. The van der Waals surface area contributed by atoms with Crippen LogP contribution in [0.3, 0.4) is 0 Å². The van der Waals surface area contributed by atoms with Gasteiger partial charge in [-0.3, -0.25) is 4.79 Å². The Bertz CT molecular complexity index is 706. The molecular weight excluding hydrogens is 412 g/mol. The molecule has 33 heavy (non-hydrogen) atoms. The lowest BCUT2D eigenvalue weighted by molar-refractivity contribution is -0.150. The molecule has 4 fully saturated rings. The number of hydrogen-bond donors (Lipinski definition) is 2. The minimum atomic E-state index is -0.239. The lowest BCUT2D eigenvalue weighted by Crippen LogP contribution is -2.55. The standard InChI is InChI=1S/C29H50O4/c1-17(2)18(3)13-26(33-16-30)19(4)24-15-25(32)27-22-8-7-20-14-21(31)9-11-28(20,5)23(22)10-12-29(24,27)6/h17-24,26-27,30-31H,7-16H2,1-6H3. The molecule has 0 aliphatic heterocycles. The van der Waals surface area contributed by atoms with Crippen LogP contribution in [0.4, 0.5) is 0 Å². The highest BCUT2D eigenvalue weighted by Gasteiger charge is 2.63. The van der Waals surface area contributed by atoms with E-state index in [1.807, 2.05) is 0 Å². The summed E-state index contributed by atoms with van der Waals surface area (Å²) < 4.78 is 5.92. The number of carbonyl (C=O) groups excluding carboxylic acids is 1. The molecule has 0 radical (unpaired) electrons. The maximum atomic E-state index is 13.7. The van der Waals surface area contributed by atoms with Gasteiger partial charge in [-0.1, -0.05) is 41.5 Å². The third-order valence-electron chi connectivity index (χ3n) is 11.7. The predicted molar refractivity (Wildman–Crippen MR) is 131 cm³/mol. The molecule has 4 nitrogen and oxygen atoms in total. The minimum absolute atomic E-state index is 0.00610. The SMILES string of the molecule is CC(C)C(C)CC(OCO)C(C)C1CC(=O)C2C3CCC4CC(O)CCC4(C)C3CCC12C. The molecule has 0 aromatic carbocycles. The van der Waals surface area contributed by atoms with Crippen molar-refractivity contribution in [3.63, 3.8) is 0 Å². The average molecular weight is 463 g/mol. The van der Waals surface area contributed by atoms with Crippen molar-refractivity contribution in [3.05, 3.63) is 0 Å². The van der Waals surface area contributed by atoms with Crippen molar-refractivity contribution >= 4 is 5.78 Å². The van der Waals surface area contributed by atoms with Crippen LogP contribution >= 0.6 is 0 Å². The fourth-order valence-electron chi connectivity index (χ4n) is 9.28. The van der Waals surface area contributed by atoms with Crippen LogP contribution in [0, 0.1) is 58.2 Å². The molecule has 4 aliphatic carbocycles. The highest BCUT2D eigenvalue weighted by atomic mass is 16.6. The zero-order valence-corrected chi connectivity index (χ0v) is 22.1. The third kappa shape index (κ3) is 4.35. The van der Waals surface area contributed by atoms with E-state index in [4.69, 9.17) is 4.74 Å². The Kier molecular flexibility index (Phi) is 7.41. The second kappa shape index (κ2) is 9.54. The summed E-state index contributed by atoms with van der Waals surface area (Å²) in [6.45, 7) is 13.7. The van der Waals surface area contributed by atoms with Crippen molar-refractivity contribution in [1.29, 1.82) is 0 Å². The smallest absolute Gasteiger partial charge is 0.143 e. The molecular formula is C29H50O4. The summed E-state index contributed by atoms with van der Waals surface area (Å²) >= 11 is 0. The van der Waals surface area contributed by atoms with E-state index < -0.39 is 0 Å². The number of Topliss-reactive ketones (excluding diaryl/α,β-unsaturated/α-hetero) is 1. The van der Waals surface area contributed by atoms with Crippen molar-refractivity contribution < 1.29 is 19.7 Å². The Morgan fingerprint density at radius 3 is 2.39 bits per heavy atom. The Hall–Kier alpha value is -0.450. The van der Waals surface area contributed by atoms with Crippen LogP contribution in [0.15, 0.2) is 0 Å². The number of aliphatic hydroxyl groups is 2. The van der Waals surface area contributed by atoms with Crippen molar-refractivity contribution in [1.82, 2.24) is 0 Å². The molecule has 0 saturated heterocycles. The van der Waals surface area contributed by atoms with E-state index in [9.17, 15) is 15.0 Å². The van der Waals surface area contributed by atoms with Gasteiger partial charge in [-0.25, -0.2) is 0 Å². The number of carbonyl (C=O) groups is 1. The van der Waals surface area contributed by atoms with Crippen molar-refractivity contribution in [2.75, 3.05) is 6.79 Å². The Morgan fingerprint density at radius 2 is 1.73 bits per heavy atom. The molecule has 0 bridgehead atoms. The summed E-state index contributed by atoms with van der Waals surface area (Å²) in [6.07, 6.45) is 9.23. The first-order valence-electron chi connectivity index (χ1n) is 14.0. The number of aliphatic hydroxyl groups excluding tert-OH is 2. The van der Waals surface area contributed by atoms with Gasteiger partial charge in [0.25, 0.3) is 0 Å². The van der Waals surface area contributed by atoms with Gasteiger partial charge in [-0.2, -0.15) is 0 Å². The highest BCUT2D eigenvalue weighted by molar-refractivity contribution is 5.85. The molecule has 11 unspecified atom stereocenters. The molecule has 4 saturated carbocycles. The zero-order valence-electron chi connectivity index (χ0n) is 22.1. The van der Waals surface area contributed by atoms with E-state index in [0.29, 0.717) is 53.1 Å². The molecule has 4 aliphatic rings. The van der Waals surface area contributed by atoms with Crippen molar-refractivity contribution in [2.24, 2.45) is 58.2 Å². The van der Waals surface area contributed by atoms with Gasteiger partial charge in [0.1, 0.15) is 12.6 Å². The van der Waals surface area contributed by atoms with Crippen LogP contribution in [0.5, 0.6) is 0 Å². The van der Waals surface area contributed by atoms with E-state index in [1.54, 1.807) is 0 Å². The number of rotatable bonds is 7. The fourth-order valence-corrected chi connectivity index (χ4v) is 9.28. The van der Waals surface area contributed by atoms with Gasteiger partial charge in [-0.05, 0) is 104 Å². The summed E-state index contributed by atoms with van der Waals surface area (Å²) in [7, 11) is 0. The van der Waals surface area contributed by atoms with Crippen LogP contribution in [-0.2, 0) is 9.53 Å². The molecule has 4 rings (SSSR count). The van der Waals surface area contributed by atoms with Crippen molar-refractivity contribution in [2.45, 2.75) is 112 Å². The molecule has 0 aromatic heterocycles. The van der Waals surface area contributed by atoms with Gasteiger partial charge in [0, 0.05) is 12.3 Å². The molecule has 4 heteroatoms. The third-order valence-corrected chi connectivity index (χ3v) is 11.7. The summed E-state index contributed by atoms with van der Waals surface area (Å²) in [5, 5.41) is 19.9. The summed E-state index contributed by atoms with van der Waals surface area (Å²) in [6, 6.07) is 0. The van der Waals surface area contributed by atoms with Crippen LogP contribution in [0.25, 0.3) is 0 Å². The van der Waals surface area contributed by atoms with Gasteiger partial charge in [0.15, 0.2) is 0 Å². The van der Waals surface area contributed by atoms with Gasteiger partial charge < -0.3 is 14.9 Å². The second-order valence-corrected chi connectivity index (χ2v) is 13.4. The first-order chi connectivity index (χ1) is 15.5. The quantitative estimate of drug-likeness (QED) is 0.467. The number of ketones is 1. The zero-order chi connectivity index (χ0) is 24.1. The number of ether oxygens (including phenoxy) is 1. The van der Waals surface area contributed by atoms with Crippen molar-refractivity contribution in [3.8, 4) is 0 Å². The van der Waals surface area contributed by atoms with E-state index in [2.05, 4.69) is 41.5 Å². The average Bonchev–Trinajstić information content (AvgIpc) is 3.04. The highest BCUT2D eigenvalue weighted by Crippen LogP contribution is 2.67. The molecule has 11 atom stereocenters. The van der Waals surface area contributed by atoms with Gasteiger partial charge >= 0.3 is 0 Å². The van der Waals surface area contributed by atoms with Gasteiger partial charge in [0.05, 0.1) is 12.2 Å². The Morgan fingerprint density at radius 1 is 1.03 bits per heavy atom. The molecule has 0 aromatic rings. The van der Waals surface area contributed by atoms with Gasteiger partial charge in [-0.15, -0.1) is 0 Å². The number of fused-ring (bicyclic) bond motifs is 5. The van der Waals surface area contributed by atoms with Crippen LogP contribution in [0.1, 0.15) is 99.3 Å². The predicted octanol–water partition coefficient (Wildman–Crippen LogP) is 5.84. The lowest BCUT2D eigenvalue weighted by Gasteiger charge is -2.60. The molecule has 2 N–H and O–H groups in total. The Balaban J connectivity index is 1.56. The second-order valence-electron chi connectivity index (χ2n) is 13.4. The first kappa shape index (κ1) is 25.6.